The van der Waals surface area contributed by atoms with Gasteiger partial charge in [0, 0.05) is 13.1 Å². The monoisotopic (exact) mass is 263 g/mol. The van der Waals surface area contributed by atoms with Crippen LogP contribution in [0.25, 0.3) is 0 Å². The molecule has 19 heavy (non-hydrogen) atoms. The highest BCUT2D eigenvalue weighted by molar-refractivity contribution is 5.26. The van der Waals surface area contributed by atoms with Crippen LogP contribution in [0.15, 0.2) is 24.3 Å². The summed E-state index contributed by atoms with van der Waals surface area (Å²) in [5, 5.41) is 23.2. The third-order valence-corrected chi connectivity index (χ3v) is 4.23. The van der Waals surface area contributed by atoms with Crippen molar-refractivity contribution in [2.24, 2.45) is 5.41 Å². The van der Waals surface area contributed by atoms with Crippen molar-refractivity contribution < 1.29 is 10.2 Å². The van der Waals surface area contributed by atoms with Gasteiger partial charge in [-0.05, 0) is 48.8 Å². The largest absolute Gasteiger partial charge is 0.508 e. The van der Waals surface area contributed by atoms with Crippen molar-refractivity contribution >= 4 is 0 Å². The normalized spacial score (nSPS) is 21.2. The molecule has 106 valence electrons. The number of phenols is 1. The molecule has 0 saturated heterocycles. The molecule has 3 N–H and O–H groups in total. The fraction of sp³-hybridized carbons (Fsp3) is 0.625. The number of hydrogen-bond donors (Lipinski definition) is 3. The Balaban J connectivity index is 1.79. The van der Waals surface area contributed by atoms with Crippen LogP contribution in [0.1, 0.15) is 45.1 Å². The third kappa shape index (κ3) is 4.22. The molecule has 3 heteroatoms. The van der Waals surface area contributed by atoms with E-state index in [9.17, 15) is 10.2 Å². The van der Waals surface area contributed by atoms with Crippen molar-refractivity contribution in [3.05, 3.63) is 29.8 Å². The highest BCUT2D eigenvalue weighted by Crippen LogP contribution is 2.39. The summed E-state index contributed by atoms with van der Waals surface area (Å²) in [6.45, 7) is 5.85. The van der Waals surface area contributed by atoms with E-state index in [1.807, 2.05) is 12.1 Å². The smallest absolute Gasteiger partial charge is 0.115 e. The van der Waals surface area contributed by atoms with Crippen LogP contribution in [0, 0.1) is 5.41 Å². The van der Waals surface area contributed by atoms with E-state index in [0.717, 1.165) is 31.2 Å². The number of aromatic hydroxyl groups is 1. The number of aliphatic hydroxyl groups is 1. The minimum atomic E-state index is -0.563. The van der Waals surface area contributed by atoms with E-state index < -0.39 is 5.60 Å². The maximum atomic E-state index is 10.5. The van der Waals surface area contributed by atoms with Gasteiger partial charge in [0.25, 0.3) is 0 Å². The number of rotatable bonds is 4. The highest BCUT2D eigenvalue weighted by atomic mass is 16.3. The summed E-state index contributed by atoms with van der Waals surface area (Å²) >= 11 is 0. The highest BCUT2D eigenvalue weighted by Gasteiger charge is 2.36. The first-order valence-electron chi connectivity index (χ1n) is 7.10. The maximum Gasteiger partial charge on any atom is 0.115 e. The summed E-state index contributed by atoms with van der Waals surface area (Å²) in [5.41, 5.74) is 0.851. The molecule has 3 nitrogen and oxygen atoms in total. The van der Waals surface area contributed by atoms with Crippen LogP contribution in [-0.2, 0) is 6.54 Å². The lowest BCUT2D eigenvalue weighted by atomic mass is 9.71. The van der Waals surface area contributed by atoms with E-state index in [1.165, 1.54) is 0 Å². The number of hydrogen-bond acceptors (Lipinski definition) is 3. The topological polar surface area (TPSA) is 52.5 Å². The van der Waals surface area contributed by atoms with Gasteiger partial charge in [0.1, 0.15) is 5.75 Å². The molecule has 1 aliphatic rings. The Hall–Kier alpha value is -1.06. The first-order valence-corrected chi connectivity index (χ1v) is 7.10. The molecule has 0 amide bonds. The van der Waals surface area contributed by atoms with E-state index in [4.69, 9.17) is 0 Å². The fourth-order valence-electron chi connectivity index (χ4n) is 2.67. The van der Waals surface area contributed by atoms with E-state index in [-0.39, 0.29) is 5.75 Å². The van der Waals surface area contributed by atoms with E-state index in [1.54, 1.807) is 12.1 Å². The second-order valence-electron chi connectivity index (χ2n) is 6.66. The van der Waals surface area contributed by atoms with Crippen molar-refractivity contribution in [1.29, 1.82) is 0 Å². The van der Waals surface area contributed by atoms with Crippen molar-refractivity contribution in [2.75, 3.05) is 6.54 Å². The van der Waals surface area contributed by atoms with Crippen LogP contribution in [0.4, 0.5) is 0 Å². The van der Waals surface area contributed by atoms with Crippen LogP contribution in [-0.4, -0.2) is 22.4 Å². The second kappa shape index (κ2) is 5.51. The van der Waals surface area contributed by atoms with Crippen molar-refractivity contribution in [1.82, 2.24) is 5.32 Å². The van der Waals surface area contributed by atoms with Crippen molar-refractivity contribution in [3.8, 4) is 5.75 Å². The molecule has 0 bridgehead atoms. The van der Waals surface area contributed by atoms with E-state index in [2.05, 4.69) is 19.2 Å². The van der Waals surface area contributed by atoms with Gasteiger partial charge < -0.3 is 15.5 Å². The lowest BCUT2D eigenvalue weighted by Gasteiger charge is -2.40. The van der Waals surface area contributed by atoms with Gasteiger partial charge in [-0.2, -0.15) is 0 Å². The lowest BCUT2D eigenvalue weighted by Crippen LogP contribution is -2.44. The minimum absolute atomic E-state index is 0.289. The molecule has 2 rings (SSSR count). The summed E-state index contributed by atoms with van der Waals surface area (Å²) in [5.74, 6) is 0.289. The van der Waals surface area contributed by atoms with Crippen LogP contribution in [0.5, 0.6) is 5.75 Å². The third-order valence-electron chi connectivity index (χ3n) is 4.23. The summed E-state index contributed by atoms with van der Waals surface area (Å²) in [7, 11) is 0. The second-order valence-corrected chi connectivity index (χ2v) is 6.66. The van der Waals surface area contributed by atoms with Gasteiger partial charge in [-0.1, -0.05) is 26.0 Å². The Kier molecular flexibility index (Phi) is 4.16. The van der Waals surface area contributed by atoms with Gasteiger partial charge in [0.05, 0.1) is 5.60 Å². The van der Waals surface area contributed by atoms with Gasteiger partial charge in [-0.25, -0.2) is 0 Å². The molecule has 0 atom stereocenters. The first-order chi connectivity index (χ1) is 8.89. The molecule has 1 fully saturated rings. The Morgan fingerprint density at radius 3 is 2.47 bits per heavy atom. The average molecular weight is 263 g/mol. The molecule has 0 unspecified atom stereocenters. The molecule has 0 aromatic heterocycles. The molecule has 1 aliphatic carbocycles. The average Bonchev–Trinajstić information content (AvgIpc) is 2.34. The SMILES string of the molecule is CC1(C)CCC(O)(CNCc2cccc(O)c2)CC1. The van der Waals surface area contributed by atoms with E-state index in [0.29, 0.717) is 18.5 Å². The maximum absolute atomic E-state index is 10.5. The molecular formula is C16H25NO2. The molecule has 0 heterocycles. The van der Waals surface area contributed by atoms with E-state index >= 15 is 0 Å². The summed E-state index contributed by atoms with van der Waals surface area (Å²) in [6.07, 6.45) is 3.90. The first kappa shape index (κ1) is 14.4. The summed E-state index contributed by atoms with van der Waals surface area (Å²) < 4.78 is 0. The Labute approximate surface area is 115 Å². The number of phenolic OH excluding ortho intramolecular Hbond substituents is 1. The molecule has 1 aromatic carbocycles. The Morgan fingerprint density at radius 2 is 1.84 bits per heavy atom. The Bertz CT molecular complexity index is 419. The molecule has 1 aromatic rings. The lowest BCUT2D eigenvalue weighted by molar-refractivity contribution is -0.0245. The minimum Gasteiger partial charge on any atom is -0.508 e. The molecule has 0 radical (unpaired) electrons. The van der Waals surface area contributed by atoms with Crippen LogP contribution in [0.2, 0.25) is 0 Å². The van der Waals surface area contributed by atoms with Gasteiger partial charge >= 0.3 is 0 Å². The zero-order valence-corrected chi connectivity index (χ0v) is 11.9. The summed E-state index contributed by atoms with van der Waals surface area (Å²) in [4.78, 5) is 0. The van der Waals surface area contributed by atoms with Crippen molar-refractivity contribution in [3.63, 3.8) is 0 Å². The number of benzene rings is 1. The predicted molar refractivity (Wildman–Crippen MR) is 77.0 cm³/mol. The predicted octanol–water partition coefficient (Wildman–Crippen LogP) is 2.81. The van der Waals surface area contributed by atoms with Crippen LogP contribution < -0.4 is 5.32 Å². The molecule has 1 saturated carbocycles. The fourth-order valence-corrected chi connectivity index (χ4v) is 2.67. The van der Waals surface area contributed by atoms with Gasteiger partial charge in [-0.15, -0.1) is 0 Å². The summed E-state index contributed by atoms with van der Waals surface area (Å²) in [6, 6.07) is 7.23. The van der Waals surface area contributed by atoms with Crippen LogP contribution >= 0.6 is 0 Å². The van der Waals surface area contributed by atoms with Crippen molar-refractivity contribution in [2.45, 2.75) is 51.7 Å². The molecule has 0 aliphatic heterocycles. The van der Waals surface area contributed by atoms with Crippen LogP contribution in [0.3, 0.4) is 0 Å². The zero-order chi connectivity index (χ0) is 13.9. The Morgan fingerprint density at radius 1 is 1.16 bits per heavy atom. The molecule has 0 spiro atoms. The zero-order valence-electron chi connectivity index (χ0n) is 11.9. The van der Waals surface area contributed by atoms with Gasteiger partial charge in [0.2, 0.25) is 0 Å². The quantitative estimate of drug-likeness (QED) is 0.783. The molecular weight excluding hydrogens is 238 g/mol. The van der Waals surface area contributed by atoms with Gasteiger partial charge in [-0.3, -0.25) is 0 Å². The number of nitrogens with one attached hydrogen (secondary N) is 1. The van der Waals surface area contributed by atoms with Gasteiger partial charge in [0.15, 0.2) is 0 Å². The standard InChI is InChI=1S/C16H25NO2/c1-15(2)6-8-16(19,9-7-15)12-17-11-13-4-3-5-14(18)10-13/h3-5,10,17-19H,6-9,11-12H2,1-2H3.